The molecule has 3 N–H and O–H groups in total. The van der Waals surface area contributed by atoms with E-state index in [1.807, 2.05) is 0 Å². The van der Waals surface area contributed by atoms with Crippen LogP contribution in [0.15, 0.2) is 23.1 Å². The van der Waals surface area contributed by atoms with E-state index < -0.39 is 10.0 Å². The van der Waals surface area contributed by atoms with Gasteiger partial charge in [-0.1, -0.05) is 6.07 Å². The van der Waals surface area contributed by atoms with Gasteiger partial charge >= 0.3 is 0 Å². The average molecular weight is 230 g/mol. The molecule has 1 heterocycles. The van der Waals surface area contributed by atoms with Crippen LogP contribution in [0.25, 0.3) is 0 Å². The first-order chi connectivity index (χ1) is 7.15. The maximum atomic E-state index is 11.5. The zero-order valence-corrected chi connectivity index (χ0v) is 8.58. The molecular formula is C8H10N2O4S. The van der Waals surface area contributed by atoms with Crippen LogP contribution in [0.2, 0.25) is 0 Å². The normalized spacial score (nSPS) is 15.0. The topological polar surface area (TPSA) is 90.7 Å². The smallest absolute Gasteiger partial charge is 0.256 e. The number of nitrogens with two attached hydrogens (primary N) is 1. The van der Waals surface area contributed by atoms with Crippen LogP contribution in [0.3, 0.4) is 0 Å². The predicted molar refractivity (Wildman–Crippen MR) is 51.9 cm³/mol. The van der Waals surface area contributed by atoms with E-state index in [2.05, 4.69) is 0 Å². The number of hydrazine groups is 1. The molecule has 0 aromatic heterocycles. The van der Waals surface area contributed by atoms with Crippen LogP contribution in [0.5, 0.6) is 11.5 Å². The second kappa shape index (κ2) is 3.69. The van der Waals surface area contributed by atoms with E-state index in [1.165, 1.54) is 6.07 Å². The summed E-state index contributed by atoms with van der Waals surface area (Å²) < 4.78 is 33.5. The monoisotopic (exact) mass is 230 g/mol. The molecule has 1 aromatic carbocycles. The molecule has 0 spiro atoms. The third kappa shape index (κ3) is 1.76. The molecule has 0 atom stereocenters. The average Bonchev–Trinajstić information content (AvgIpc) is 2.28. The van der Waals surface area contributed by atoms with E-state index in [4.69, 9.17) is 15.3 Å². The molecule has 82 valence electrons. The molecule has 7 heteroatoms. The second-order valence-corrected chi connectivity index (χ2v) is 4.58. The molecule has 0 amide bonds. The van der Waals surface area contributed by atoms with Gasteiger partial charge in [-0.15, -0.1) is 4.83 Å². The summed E-state index contributed by atoms with van der Waals surface area (Å²) in [5.41, 5.74) is 0. The van der Waals surface area contributed by atoms with Crippen LogP contribution in [0.1, 0.15) is 0 Å². The van der Waals surface area contributed by atoms with E-state index in [9.17, 15) is 8.42 Å². The zero-order valence-electron chi connectivity index (χ0n) is 7.76. The molecule has 0 fully saturated rings. The molecule has 6 nitrogen and oxygen atoms in total. The van der Waals surface area contributed by atoms with Crippen molar-refractivity contribution in [2.75, 3.05) is 13.2 Å². The van der Waals surface area contributed by atoms with Gasteiger partial charge in [-0.3, -0.25) is 5.84 Å². The fraction of sp³-hybridized carbons (Fsp3) is 0.250. The minimum atomic E-state index is -3.72. The van der Waals surface area contributed by atoms with Gasteiger partial charge in [-0.2, -0.15) is 0 Å². The van der Waals surface area contributed by atoms with Crippen molar-refractivity contribution in [2.45, 2.75) is 4.90 Å². The van der Waals surface area contributed by atoms with Gasteiger partial charge in [0, 0.05) is 0 Å². The van der Waals surface area contributed by atoms with Gasteiger partial charge in [0.05, 0.1) is 0 Å². The maximum absolute atomic E-state index is 11.5. The van der Waals surface area contributed by atoms with Crippen molar-refractivity contribution in [3.05, 3.63) is 18.2 Å². The Bertz CT molecular complexity index is 472. The lowest BCUT2D eigenvalue weighted by Gasteiger charge is -2.20. The van der Waals surface area contributed by atoms with Crippen LogP contribution < -0.4 is 20.1 Å². The Balaban J connectivity index is 2.58. The molecule has 0 saturated carbocycles. The molecule has 2 rings (SSSR count). The number of nitrogens with one attached hydrogen (secondary N) is 1. The standard InChI is InChI=1S/C8H10N2O4S/c9-10-15(11,12)7-3-1-2-6-8(7)14-5-4-13-6/h1-3,10H,4-5,9H2. The van der Waals surface area contributed by atoms with Crippen LogP contribution in [0.4, 0.5) is 0 Å². The first-order valence-corrected chi connectivity index (χ1v) is 5.74. The van der Waals surface area contributed by atoms with Crippen molar-refractivity contribution in [2.24, 2.45) is 5.84 Å². The highest BCUT2D eigenvalue weighted by Crippen LogP contribution is 2.35. The van der Waals surface area contributed by atoms with E-state index in [-0.39, 0.29) is 10.6 Å². The predicted octanol–water partition coefficient (Wildman–Crippen LogP) is -0.390. The van der Waals surface area contributed by atoms with Gasteiger partial charge in [-0.25, -0.2) is 8.42 Å². The highest BCUT2D eigenvalue weighted by molar-refractivity contribution is 7.89. The number of hydrogen-bond donors (Lipinski definition) is 2. The number of ether oxygens (including phenoxy) is 2. The third-order valence-electron chi connectivity index (χ3n) is 1.97. The number of para-hydroxylation sites is 1. The Morgan fingerprint density at radius 3 is 2.73 bits per heavy atom. The summed E-state index contributed by atoms with van der Waals surface area (Å²) in [5, 5.41) is 0. The Kier molecular flexibility index (Phi) is 2.51. The summed E-state index contributed by atoms with van der Waals surface area (Å²) in [5.74, 6) is 5.56. The Morgan fingerprint density at radius 2 is 2.00 bits per heavy atom. The van der Waals surface area contributed by atoms with E-state index >= 15 is 0 Å². The summed E-state index contributed by atoms with van der Waals surface area (Å²) >= 11 is 0. The fourth-order valence-electron chi connectivity index (χ4n) is 1.32. The minimum absolute atomic E-state index is 0.0119. The van der Waals surface area contributed by atoms with Crippen LogP contribution in [-0.4, -0.2) is 21.6 Å². The van der Waals surface area contributed by atoms with Crippen molar-refractivity contribution >= 4 is 10.0 Å². The lowest BCUT2D eigenvalue weighted by molar-refractivity contribution is 0.167. The number of sulfonamides is 1. The number of fused-ring (bicyclic) bond motifs is 1. The SMILES string of the molecule is NNS(=O)(=O)c1cccc2c1OCCO2. The van der Waals surface area contributed by atoms with Gasteiger partial charge in [0.25, 0.3) is 10.0 Å². The molecule has 15 heavy (non-hydrogen) atoms. The van der Waals surface area contributed by atoms with Gasteiger partial charge < -0.3 is 9.47 Å². The molecule has 1 aliphatic rings. The number of rotatable bonds is 2. The van der Waals surface area contributed by atoms with Crippen molar-refractivity contribution < 1.29 is 17.9 Å². The fourth-order valence-corrected chi connectivity index (χ4v) is 2.11. The number of hydrogen-bond acceptors (Lipinski definition) is 5. The third-order valence-corrected chi connectivity index (χ3v) is 3.19. The van der Waals surface area contributed by atoms with Crippen LogP contribution in [0, 0.1) is 0 Å². The summed E-state index contributed by atoms with van der Waals surface area (Å²) in [7, 11) is -3.72. The molecule has 1 aromatic rings. The molecule has 0 radical (unpaired) electrons. The first-order valence-electron chi connectivity index (χ1n) is 4.26. The van der Waals surface area contributed by atoms with Crippen LogP contribution >= 0.6 is 0 Å². The summed E-state index contributed by atoms with van der Waals surface area (Å²) in [6.45, 7) is 0.733. The van der Waals surface area contributed by atoms with Crippen molar-refractivity contribution in [3.8, 4) is 11.5 Å². The zero-order chi connectivity index (χ0) is 10.9. The van der Waals surface area contributed by atoms with Gasteiger partial charge in [0.2, 0.25) is 0 Å². The minimum Gasteiger partial charge on any atom is -0.486 e. The summed E-state index contributed by atoms with van der Waals surface area (Å²) in [4.78, 5) is 1.73. The summed E-state index contributed by atoms with van der Waals surface area (Å²) in [6.07, 6.45) is 0. The molecule has 0 bridgehead atoms. The van der Waals surface area contributed by atoms with E-state index in [1.54, 1.807) is 17.0 Å². The van der Waals surface area contributed by atoms with E-state index in [0.29, 0.717) is 19.0 Å². The number of benzene rings is 1. The van der Waals surface area contributed by atoms with Crippen molar-refractivity contribution in [1.82, 2.24) is 4.83 Å². The second-order valence-electron chi connectivity index (χ2n) is 2.90. The quantitative estimate of drug-likeness (QED) is 0.533. The summed E-state index contributed by atoms with van der Waals surface area (Å²) in [6, 6.07) is 4.62. The first kappa shape index (κ1) is 10.2. The molecule has 1 aliphatic heterocycles. The molecule has 0 aliphatic carbocycles. The Labute approximate surface area is 87.0 Å². The van der Waals surface area contributed by atoms with Crippen molar-refractivity contribution in [3.63, 3.8) is 0 Å². The maximum Gasteiger partial charge on any atom is 0.256 e. The van der Waals surface area contributed by atoms with Crippen LogP contribution in [-0.2, 0) is 10.0 Å². The molecular weight excluding hydrogens is 220 g/mol. The van der Waals surface area contributed by atoms with Gasteiger partial charge in [0.1, 0.15) is 18.1 Å². The van der Waals surface area contributed by atoms with E-state index in [0.717, 1.165) is 0 Å². The highest BCUT2D eigenvalue weighted by Gasteiger charge is 2.23. The Hall–Kier alpha value is -1.31. The lowest BCUT2D eigenvalue weighted by Crippen LogP contribution is -2.31. The molecule has 0 saturated heterocycles. The van der Waals surface area contributed by atoms with Gasteiger partial charge in [0.15, 0.2) is 11.5 Å². The van der Waals surface area contributed by atoms with Crippen molar-refractivity contribution in [1.29, 1.82) is 0 Å². The lowest BCUT2D eigenvalue weighted by atomic mass is 10.3. The molecule has 0 unspecified atom stereocenters. The largest absolute Gasteiger partial charge is 0.486 e. The Morgan fingerprint density at radius 1 is 1.27 bits per heavy atom. The van der Waals surface area contributed by atoms with Gasteiger partial charge in [-0.05, 0) is 12.1 Å². The highest BCUT2D eigenvalue weighted by atomic mass is 32.2.